The molecule has 0 unspecified atom stereocenters. The second kappa shape index (κ2) is 1.27. The Hall–Kier alpha value is -0.0400. The summed E-state index contributed by atoms with van der Waals surface area (Å²) >= 11 is 0. The SMILES string of the molecule is C[C@@H]1C[C@]12CCCO2. The molecular formula is C7H12O. The molecule has 0 radical (unpaired) electrons. The third-order valence-corrected chi connectivity index (χ3v) is 2.52. The van der Waals surface area contributed by atoms with E-state index in [1.807, 2.05) is 0 Å². The lowest BCUT2D eigenvalue weighted by atomic mass is 10.2. The molecule has 1 aliphatic heterocycles. The van der Waals surface area contributed by atoms with E-state index < -0.39 is 0 Å². The number of hydrogen-bond acceptors (Lipinski definition) is 1. The van der Waals surface area contributed by atoms with Crippen molar-refractivity contribution >= 4 is 0 Å². The van der Waals surface area contributed by atoms with Crippen LogP contribution in [0.1, 0.15) is 26.2 Å². The van der Waals surface area contributed by atoms with E-state index in [4.69, 9.17) is 4.74 Å². The molecule has 1 heterocycles. The first-order chi connectivity index (χ1) is 3.83. The molecule has 1 saturated carbocycles. The highest BCUT2D eigenvalue weighted by Gasteiger charge is 2.53. The molecule has 46 valence electrons. The zero-order valence-corrected chi connectivity index (χ0v) is 5.31. The number of rotatable bonds is 0. The molecule has 2 atom stereocenters. The van der Waals surface area contributed by atoms with Crippen LogP contribution < -0.4 is 0 Å². The second-order valence-electron chi connectivity index (χ2n) is 3.12. The van der Waals surface area contributed by atoms with Crippen LogP contribution in [0.2, 0.25) is 0 Å². The summed E-state index contributed by atoms with van der Waals surface area (Å²) in [6.45, 7) is 3.30. The molecule has 1 aliphatic carbocycles. The minimum absolute atomic E-state index is 0.403. The molecule has 0 amide bonds. The van der Waals surface area contributed by atoms with Gasteiger partial charge in [0.1, 0.15) is 0 Å². The first-order valence-electron chi connectivity index (χ1n) is 3.47. The molecule has 0 aromatic carbocycles. The maximum absolute atomic E-state index is 5.56. The second-order valence-corrected chi connectivity index (χ2v) is 3.12. The van der Waals surface area contributed by atoms with Gasteiger partial charge in [-0.25, -0.2) is 0 Å². The smallest absolute Gasteiger partial charge is 0.0713 e. The van der Waals surface area contributed by atoms with Crippen LogP contribution in [0.4, 0.5) is 0 Å². The van der Waals surface area contributed by atoms with Crippen molar-refractivity contribution in [1.29, 1.82) is 0 Å². The largest absolute Gasteiger partial charge is 0.375 e. The first kappa shape index (κ1) is 4.80. The van der Waals surface area contributed by atoms with Crippen LogP contribution in [0, 0.1) is 5.92 Å². The standard InChI is InChI=1S/C7H12O/c1-6-5-7(6)3-2-4-8-7/h6H,2-5H2,1H3/t6-,7-/m1/s1. The summed E-state index contributed by atoms with van der Waals surface area (Å²) in [5.41, 5.74) is 0.403. The maximum Gasteiger partial charge on any atom is 0.0713 e. The van der Waals surface area contributed by atoms with Crippen molar-refractivity contribution in [2.75, 3.05) is 6.61 Å². The van der Waals surface area contributed by atoms with Gasteiger partial charge in [-0.3, -0.25) is 0 Å². The van der Waals surface area contributed by atoms with Crippen LogP contribution in [0.15, 0.2) is 0 Å². The monoisotopic (exact) mass is 112 g/mol. The predicted octanol–water partition coefficient (Wildman–Crippen LogP) is 1.58. The Morgan fingerprint density at radius 3 is 2.62 bits per heavy atom. The Morgan fingerprint density at radius 1 is 1.62 bits per heavy atom. The van der Waals surface area contributed by atoms with E-state index in [0.717, 1.165) is 12.5 Å². The van der Waals surface area contributed by atoms with Crippen LogP contribution in [0.25, 0.3) is 0 Å². The minimum Gasteiger partial charge on any atom is -0.375 e. The van der Waals surface area contributed by atoms with E-state index in [1.165, 1.54) is 19.3 Å². The van der Waals surface area contributed by atoms with Gasteiger partial charge >= 0.3 is 0 Å². The highest BCUT2D eigenvalue weighted by Crippen LogP contribution is 2.52. The predicted molar refractivity (Wildman–Crippen MR) is 31.7 cm³/mol. The van der Waals surface area contributed by atoms with Gasteiger partial charge in [0.05, 0.1) is 5.60 Å². The molecule has 0 aromatic rings. The quantitative estimate of drug-likeness (QED) is 0.462. The van der Waals surface area contributed by atoms with Crippen molar-refractivity contribution in [2.45, 2.75) is 31.8 Å². The van der Waals surface area contributed by atoms with E-state index in [1.54, 1.807) is 0 Å². The highest BCUT2D eigenvalue weighted by atomic mass is 16.5. The topological polar surface area (TPSA) is 9.23 Å². The van der Waals surface area contributed by atoms with Gasteiger partial charge in [-0.2, -0.15) is 0 Å². The van der Waals surface area contributed by atoms with E-state index in [0.29, 0.717) is 5.60 Å². The van der Waals surface area contributed by atoms with Crippen molar-refractivity contribution in [2.24, 2.45) is 5.92 Å². The Bertz CT molecular complexity index is 103. The number of ether oxygens (including phenoxy) is 1. The number of hydrogen-bond donors (Lipinski definition) is 0. The minimum atomic E-state index is 0.403. The molecule has 1 saturated heterocycles. The fourth-order valence-corrected chi connectivity index (χ4v) is 1.73. The fourth-order valence-electron chi connectivity index (χ4n) is 1.73. The lowest BCUT2D eigenvalue weighted by molar-refractivity contribution is 0.0790. The summed E-state index contributed by atoms with van der Waals surface area (Å²) in [5, 5.41) is 0. The molecule has 0 bridgehead atoms. The van der Waals surface area contributed by atoms with Crippen molar-refractivity contribution in [3.05, 3.63) is 0 Å². The molecule has 2 fully saturated rings. The summed E-state index contributed by atoms with van der Waals surface area (Å²) in [7, 11) is 0. The Balaban J connectivity index is 2.06. The van der Waals surface area contributed by atoms with Crippen LogP contribution >= 0.6 is 0 Å². The van der Waals surface area contributed by atoms with Crippen LogP contribution in [0.3, 0.4) is 0 Å². The van der Waals surface area contributed by atoms with E-state index in [-0.39, 0.29) is 0 Å². The molecule has 1 heteroatoms. The summed E-state index contributed by atoms with van der Waals surface area (Å²) in [5.74, 6) is 0.866. The van der Waals surface area contributed by atoms with E-state index in [9.17, 15) is 0 Å². The lowest BCUT2D eigenvalue weighted by Crippen LogP contribution is -2.06. The van der Waals surface area contributed by atoms with Gasteiger partial charge in [-0.15, -0.1) is 0 Å². The van der Waals surface area contributed by atoms with Crippen molar-refractivity contribution in [3.8, 4) is 0 Å². The molecule has 1 nitrogen and oxygen atoms in total. The molecule has 1 spiro atoms. The molecule has 2 rings (SSSR count). The third kappa shape index (κ3) is 0.455. The van der Waals surface area contributed by atoms with Gasteiger partial charge in [-0.05, 0) is 25.2 Å². The van der Waals surface area contributed by atoms with Crippen LogP contribution in [-0.2, 0) is 4.74 Å². The van der Waals surface area contributed by atoms with E-state index >= 15 is 0 Å². The van der Waals surface area contributed by atoms with Crippen molar-refractivity contribution in [3.63, 3.8) is 0 Å². The maximum atomic E-state index is 5.56. The molecular weight excluding hydrogens is 100 g/mol. The van der Waals surface area contributed by atoms with Crippen LogP contribution in [0.5, 0.6) is 0 Å². The van der Waals surface area contributed by atoms with Gasteiger partial charge in [0.25, 0.3) is 0 Å². The average molecular weight is 112 g/mol. The first-order valence-corrected chi connectivity index (χ1v) is 3.47. The fraction of sp³-hybridized carbons (Fsp3) is 1.00. The van der Waals surface area contributed by atoms with Gasteiger partial charge in [-0.1, -0.05) is 6.92 Å². The molecule has 8 heavy (non-hydrogen) atoms. The molecule has 0 aromatic heterocycles. The van der Waals surface area contributed by atoms with Crippen molar-refractivity contribution < 1.29 is 4.74 Å². The summed E-state index contributed by atoms with van der Waals surface area (Å²) in [6.07, 6.45) is 3.95. The Labute approximate surface area is 50.0 Å². The zero-order valence-electron chi connectivity index (χ0n) is 5.31. The van der Waals surface area contributed by atoms with Gasteiger partial charge in [0.15, 0.2) is 0 Å². The Kier molecular flexibility index (Phi) is 0.762. The lowest BCUT2D eigenvalue weighted by Gasteiger charge is -2.03. The zero-order chi connectivity index (χ0) is 5.61. The summed E-state index contributed by atoms with van der Waals surface area (Å²) < 4.78 is 5.56. The van der Waals surface area contributed by atoms with Gasteiger partial charge in [0, 0.05) is 6.61 Å². The van der Waals surface area contributed by atoms with Crippen LogP contribution in [-0.4, -0.2) is 12.2 Å². The highest BCUT2D eigenvalue weighted by molar-refractivity contribution is 5.04. The van der Waals surface area contributed by atoms with Crippen molar-refractivity contribution in [1.82, 2.24) is 0 Å². The summed E-state index contributed by atoms with van der Waals surface area (Å²) in [4.78, 5) is 0. The van der Waals surface area contributed by atoms with Gasteiger partial charge < -0.3 is 4.74 Å². The Morgan fingerprint density at radius 2 is 2.38 bits per heavy atom. The molecule has 0 N–H and O–H groups in total. The third-order valence-electron chi connectivity index (χ3n) is 2.52. The summed E-state index contributed by atoms with van der Waals surface area (Å²) in [6, 6.07) is 0. The van der Waals surface area contributed by atoms with Gasteiger partial charge in [0.2, 0.25) is 0 Å². The normalized spacial score (nSPS) is 52.9. The van der Waals surface area contributed by atoms with E-state index in [2.05, 4.69) is 6.92 Å². The average Bonchev–Trinajstić information content (AvgIpc) is 2.29. The molecule has 2 aliphatic rings.